The van der Waals surface area contributed by atoms with Gasteiger partial charge in [0.25, 0.3) is 10.0 Å². The lowest BCUT2D eigenvalue weighted by Crippen LogP contribution is -2.19. The highest BCUT2D eigenvalue weighted by Gasteiger charge is 2.24. The summed E-state index contributed by atoms with van der Waals surface area (Å²) in [4.78, 5) is 3.16. The summed E-state index contributed by atoms with van der Waals surface area (Å²) in [6.45, 7) is 2.20. The van der Waals surface area contributed by atoms with E-state index in [1.54, 1.807) is 12.3 Å². The summed E-state index contributed by atoms with van der Waals surface area (Å²) in [5.41, 5.74) is -0.307. The number of rotatable bonds is 6. The van der Waals surface area contributed by atoms with E-state index >= 15 is 0 Å². The van der Waals surface area contributed by atoms with Crippen molar-refractivity contribution < 1.29 is 17.2 Å². The van der Waals surface area contributed by atoms with Crippen molar-refractivity contribution in [1.82, 2.24) is 10.3 Å². The maximum atomic E-state index is 14.3. The molecule has 0 saturated heterocycles. The standard InChI is InChI=1S/C12H13F2N3O2S2/c1-2-15-7-8-9(13)3-4-10(11(8)14)21(18,19)17-12-16-5-6-20-12/h3-6,15H,2,7H2,1H3,(H,16,17). The first-order chi connectivity index (χ1) is 9.95. The van der Waals surface area contributed by atoms with Crippen LogP contribution in [0.25, 0.3) is 0 Å². The summed E-state index contributed by atoms with van der Waals surface area (Å²) in [7, 11) is -4.15. The number of aromatic nitrogens is 1. The highest BCUT2D eigenvalue weighted by Crippen LogP contribution is 2.24. The molecule has 0 aliphatic rings. The van der Waals surface area contributed by atoms with E-state index in [0.717, 1.165) is 23.5 Å². The van der Waals surface area contributed by atoms with Crippen molar-refractivity contribution in [3.8, 4) is 0 Å². The van der Waals surface area contributed by atoms with Gasteiger partial charge in [0.1, 0.15) is 10.7 Å². The summed E-state index contributed by atoms with van der Waals surface area (Å²) in [6.07, 6.45) is 1.42. The highest BCUT2D eigenvalue weighted by atomic mass is 32.2. The number of nitrogens with zero attached hydrogens (tertiary/aromatic N) is 1. The third kappa shape index (κ3) is 3.55. The van der Waals surface area contributed by atoms with E-state index in [4.69, 9.17) is 0 Å². The van der Waals surface area contributed by atoms with Crippen LogP contribution in [0.5, 0.6) is 0 Å². The minimum atomic E-state index is -4.15. The number of halogens is 2. The molecule has 0 radical (unpaired) electrons. The van der Waals surface area contributed by atoms with E-state index in [-0.39, 0.29) is 17.2 Å². The molecule has 0 aliphatic carbocycles. The van der Waals surface area contributed by atoms with E-state index in [0.29, 0.717) is 6.54 Å². The molecule has 9 heteroatoms. The number of nitrogens with one attached hydrogen (secondary N) is 2. The topological polar surface area (TPSA) is 71.1 Å². The average molecular weight is 333 g/mol. The predicted octanol–water partition coefficient (Wildman–Crippen LogP) is 2.33. The molecule has 2 rings (SSSR count). The van der Waals surface area contributed by atoms with Crippen molar-refractivity contribution in [2.24, 2.45) is 0 Å². The van der Waals surface area contributed by atoms with Crippen molar-refractivity contribution in [1.29, 1.82) is 0 Å². The van der Waals surface area contributed by atoms with E-state index in [2.05, 4.69) is 15.0 Å². The largest absolute Gasteiger partial charge is 0.313 e. The monoisotopic (exact) mass is 333 g/mol. The first-order valence-corrected chi connectivity index (χ1v) is 8.42. The zero-order valence-electron chi connectivity index (χ0n) is 11.1. The summed E-state index contributed by atoms with van der Waals surface area (Å²) < 4.78 is 54.3. The molecular weight excluding hydrogens is 320 g/mol. The molecule has 0 spiro atoms. The molecule has 0 aliphatic heterocycles. The van der Waals surface area contributed by atoms with Gasteiger partial charge in [-0.25, -0.2) is 22.2 Å². The zero-order chi connectivity index (χ0) is 15.5. The van der Waals surface area contributed by atoms with Gasteiger partial charge in [0, 0.05) is 23.7 Å². The molecule has 1 aromatic heterocycles. The Kier molecular flexibility index (Phi) is 4.86. The molecule has 2 N–H and O–H groups in total. The SMILES string of the molecule is CCNCc1c(F)ccc(S(=O)(=O)Nc2nccs2)c1F. The highest BCUT2D eigenvalue weighted by molar-refractivity contribution is 7.93. The zero-order valence-corrected chi connectivity index (χ0v) is 12.7. The Hall–Kier alpha value is -1.58. The molecule has 0 atom stereocenters. The van der Waals surface area contributed by atoms with Gasteiger partial charge in [-0.05, 0) is 18.7 Å². The Morgan fingerprint density at radius 2 is 2.10 bits per heavy atom. The van der Waals surface area contributed by atoms with Crippen LogP contribution in [0.2, 0.25) is 0 Å². The predicted molar refractivity (Wildman–Crippen MR) is 76.7 cm³/mol. The van der Waals surface area contributed by atoms with Crippen molar-refractivity contribution in [3.05, 3.63) is 40.9 Å². The second-order valence-corrected chi connectivity index (χ2v) is 6.61. The molecular formula is C12H13F2N3O2S2. The molecule has 0 bridgehead atoms. The minimum Gasteiger partial charge on any atom is -0.313 e. The van der Waals surface area contributed by atoms with E-state index < -0.39 is 26.6 Å². The van der Waals surface area contributed by atoms with E-state index in [1.807, 2.05) is 0 Å². The van der Waals surface area contributed by atoms with Crippen molar-refractivity contribution in [3.63, 3.8) is 0 Å². The van der Waals surface area contributed by atoms with E-state index in [1.165, 1.54) is 6.20 Å². The Morgan fingerprint density at radius 3 is 2.71 bits per heavy atom. The van der Waals surface area contributed by atoms with Crippen LogP contribution in [0.15, 0.2) is 28.6 Å². The third-order valence-electron chi connectivity index (χ3n) is 2.65. The van der Waals surface area contributed by atoms with Crippen LogP contribution in [0, 0.1) is 11.6 Å². The summed E-state index contributed by atoms with van der Waals surface area (Å²) in [5.74, 6) is -1.89. The molecule has 0 fully saturated rings. The van der Waals surface area contributed by atoms with Crippen LogP contribution in [0.3, 0.4) is 0 Å². The van der Waals surface area contributed by atoms with Crippen LogP contribution in [0.4, 0.5) is 13.9 Å². The summed E-state index contributed by atoms with van der Waals surface area (Å²) >= 11 is 1.06. The molecule has 2 aromatic rings. The minimum absolute atomic E-state index is 0.0885. The van der Waals surface area contributed by atoms with Gasteiger partial charge >= 0.3 is 0 Å². The van der Waals surface area contributed by atoms with Crippen LogP contribution >= 0.6 is 11.3 Å². The quantitative estimate of drug-likeness (QED) is 0.851. The van der Waals surface area contributed by atoms with Crippen LogP contribution in [-0.4, -0.2) is 19.9 Å². The lowest BCUT2D eigenvalue weighted by Gasteiger charge is -2.11. The van der Waals surface area contributed by atoms with Crippen LogP contribution in [0.1, 0.15) is 12.5 Å². The van der Waals surface area contributed by atoms with Crippen LogP contribution in [-0.2, 0) is 16.6 Å². The average Bonchev–Trinajstić information content (AvgIpc) is 2.90. The molecule has 0 unspecified atom stereocenters. The second-order valence-electron chi connectivity index (χ2n) is 4.06. The Bertz CT molecular complexity index is 718. The Morgan fingerprint density at radius 1 is 1.33 bits per heavy atom. The fourth-order valence-electron chi connectivity index (χ4n) is 1.64. The van der Waals surface area contributed by atoms with Gasteiger partial charge in [-0.15, -0.1) is 11.3 Å². The lowest BCUT2D eigenvalue weighted by molar-refractivity contribution is 0.517. The fourth-order valence-corrected chi connectivity index (χ4v) is 3.53. The Balaban J connectivity index is 2.39. The fraction of sp³-hybridized carbons (Fsp3) is 0.250. The van der Waals surface area contributed by atoms with Crippen LogP contribution < -0.4 is 10.0 Å². The van der Waals surface area contributed by atoms with Gasteiger partial charge in [-0.1, -0.05) is 6.92 Å². The van der Waals surface area contributed by atoms with E-state index in [9.17, 15) is 17.2 Å². The molecule has 1 heterocycles. The number of benzene rings is 1. The van der Waals surface area contributed by atoms with Gasteiger partial charge in [-0.2, -0.15) is 0 Å². The number of anilines is 1. The number of hydrogen-bond acceptors (Lipinski definition) is 5. The molecule has 21 heavy (non-hydrogen) atoms. The Labute approximate surface area is 125 Å². The summed E-state index contributed by atoms with van der Waals surface area (Å²) in [6, 6.07) is 1.84. The number of thiazole rings is 1. The maximum Gasteiger partial charge on any atom is 0.266 e. The first-order valence-electron chi connectivity index (χ1n) is 6.05. The second kappa shape index (κ2) is 6.46. The molecule has 0 saturated carbocycles. The first kappa shape index (κ1) is 15.8. The maximum absolute atomic E-state index is 14.3. The number of sulfonamides is 1. The summed E-state index contributed by atoms with van der Waals surface area (Å²) in [5, 5.41) is 4.46. The molecule has 1 aromatic carbocycles. The smallest absolute Gasteiger partial charge is 0.266 e. The van der Waals surface area contributed by atoms with Crippen molar-refractivity contribution >= 4 is 26.5 Å². The third-order valence-corrected chi connectivity index (χ3v) is 4.82. The molecule has 5 nitrogen and oxygen atoms in total. The molecule has 0 amide bonds. The normalized spacial score (nSPS) is 11.6. The van der Waals surface area contributed by atoms with Crippen molar-refractivity contribution in [2.75, 3.05) is 11.3 Å². The van der Waals surface area contributed by atoms with Gasteiger partial charge in [0.05, 0.1) is 0 Å². The molecule has 114 valence electrons. The van der Waals surface area contributed by atoms with Gasteiger partial charge in [0.15, 0.2) is 10.9 Å². The van der Waals surface area contributed by atoms with Gasteiger partial charge in [-0.3, -0.25) is 4.72 Å². The lowest BCUT2D eigenvalue weighted by atomic mass is 10.2. The number of hydrogen-bond donors (Lipinski definition) is 2. The van der Waals surface area contributed by atoms with Crippen molar-refractivity contribution in [2.45, 2.75) is 18.4 Å². The van der Waals surface area contributed by atoms with Gasteiger partial charge < -0.3 is 5.32 Å². The van der Waals surface area contributed by atoms with Gasteiger partial charge in [0.2, 0.25) is 0 Å².